The molecule has 0 aliphatic carbocycles. The molecule has 5 nitrogen and oxygen atoms in total. The van der Waals surface area contributed by atoms with E-state index in [1.165, 1.54) is 0 Å². The molecule has 1 unspecified atom stereocenters. The monoisotopic (exact) mass is 300 g/mol. The Morgan fingerprint density at radius 2 is 1.76 bits per heavy atom. The van der Waals surface area contributed by atoms with E-state index in [0.29, 0.717) is 13.2 Å². The molecule has 2 rings (SSSR count). The summed E-state index contributed by atoms with van der Waals surface area (Å²) in [6, 6.07) is 0. The van der Waals surface area contributed by atoms with Crippen LogP contribution in [0.1, 0.15) is 47.5 Å². The Labute approximate surface area is 127 Å². The van der Waals surface area contributed by atoms with E-state index in [-0.39, 0.29) is 41.9 Å². The van der Waals surface area contributed by atoms with E-state index in [9.17, 15) is 4.79 Å². The van der Waals surface area contributed by atoms with Crippen molar-refractivity contribution in [3.8, 4) is 0 Å². The highest BCUT2D eigenvalue weighted by Crippen LogP contribution is 2.33. The first-order chi connectivity index (χ1) is 9.88. The number of esters is 1. The molecule has 122 valence electrons. The summed E-state index contributed by atoms with van der Waals surface area (Å²) in [6.45, 7) is 11.0. The number of rotatable bonds is 6. The number of hydrogen-bond acceptors (Lipinski definition) is 5. The van der Waals surface area contributed by atoms with Crippen molar-refractivity contribution in [1.82, 2.24) is 0 Å². The second-order valence-corrected chi connectivity index (χ2v) is 6.65. The maximum Gasteiger partial charge on any atom is 0.309 e. The number of hydrogen-bond donors (Lipinski definition) is 0. The van der Waals surface area contributed by atoms with Crippen molar-refractivity contribution in [3.05, 3.63) is 0 Å². The van der Waals surface area contributed by atoms with Crippen LogP contribution in [0.2, 0.25) is 0 Å². The molecule has 0 radical (unpaired) electrons. The smallest absolute Gasteiger partial charge is 0.309 e. The standard InChI is InChI=1S/C16H28O5/c1-6-10(3)15(17)20-11-8-18-14-12(9-19-13(11)14)21-16(4,5)7-2/h10-14H,6-9H2,1-5H3/t10?,11-,12-,13+,14+/m0/s1. The molecule has 2 saturated heterocycles. The lowest BCUT2D eigenvalue weighted by Crippen LogP contribution is -2.39. The van der Waals surface area contributed by atoms with Crippen molar-refractivity contribution >= 4 is 5.97 Å². The topological polar surface area (TPSA) is 54.0 Å². The average molecular weight is 300 g/mol. The highest BCUT2D eigenvalue weighted by molar-refractivity contribution is 5.72. The van der Waals surface area contributed by atoms with Crippen molar-refractivity contribution in [1.29, 1.82) is 0 Å². The summed E-state index contributed by atoms with van der Waals surface area (Å²) in [6.07, 6.45) is 0.971. The second kappa shape index (κ2) is 6.63. The molecule has 0 bridgehead atoms. The molecule has 2 heterocycles. The second-order valence-electron chi connectivity index (χ2n) is 6.65. The molecule has 0 aromatic carbocycles. The molecular formula is C16H28O5. The first-order valence-electron chi connectivity index (χ1n) is 7.99. The Morgan fingerprint density at radius 1 is 1.19 bits per heavy atom. The van der Waals surface area contributed by atoms with Crippen LogP contribution in [0.3, 0.4) is 0 Å². The first kappa shape index (κ1) is 16.7. The van der Waals surface area contributed by atoms with Gasteiger partial charge in [-0.2, -0.15) is 0 Å². The van der Waals surface area contributed by atoms with E-state index in [1.54, 1.807) is 0 Å². The van der Waals surface area contributed by atoms with Gasteiger partial charge in [-0.15, -0.1) is 0 Å². The van der Waals surface area contributed by atoms with Crippen molar-refractivity contribution in [3.63, 3.8) is 0 Å². The lowest BCUT2D eigenvalue weighted by molar-refractivity contribution is -0.158. The van der Waals surface area contributed by atoms with Crippen LogP contribution in [0, 0.1) is 5.92 Å². The van der Waals surface area contributed by atoms with Gasteiger partial charge in [-0.3, -0.25) is 4.79 Å². The van der Waals surface area contributed by atoms with Crippen molar-refractivity contribution < 1.29 is 23.7 Å². The zero-order chi connectivity index (χ0) is 15.6. The van der Waals surface area contributed by atoms with Crippen molar-refractivity contribution in [2.24, 2.45) is 5.92 Å². The number of ether oxygens (including phenoxy) is 4. The Balaban J connectivity index is 1.91. The molecule has 0 saturated carbocycles. The fraction of sp³-hybridized carbons (Fsp3) is 0.938. The van der Waals surface area contributed by atoms with Crippen LogP contribution in [-0.4, -0.2) is 49.2 Å². The van der Waals surface area contributed by atoms with Crippen molar-refractivity contribution in [2.75, 3.05) is 13.2 Å². The van der Waals surface area contributed by atoms with E-state index in [0.717, 1.165) is 12.8 Å². The summed E-state index contributed by atoms with van der Waals surface area (Å²) >= 11 is 0. The van der Waals surface area contributed by atoms with Gasteiger partial charge >= 0.3 is 5.97 Å². The van der Waals surface area contributed by atoms with Gasteiger partial charge in [-0.05, 0) is 26.7 Å². The third kappa shape index (κ3) is 3.76. The van der Waals surface area contributed by atoms with Crippen LogP contribution < -0.4 is 0 Å². The minimum absolute atomic E-state index is 0.0859. The molecular weight excluding hydrogens is 272 g/mol. The van der Waals surface area contributed by atoms with Gasteiger partial charge in [-0.1, -0.05) is 20.8 Å². The fourth-order valence-electron chi connectivity index (χ4n) is 2.56. The Hall–Kier alpha value is -0.650. The van der Waals surface area contributed by atoms with E-state index in [4.69, 9.17) is 18.9 Å². The van der Waals surface area contributed by atoms with Crippen LogP contribution in [0.15, 0.2) is 0 Å². The number of carbonyl (C=O) groups is 1. The zero-order valence-corrected chi connectivity index (χ0v) is 13.8. The van der Waals surface area contributed by atoms with Crippen LogP contribution in [0.4, 0.5) is 0 Å². The van der Waals surface area contributed by atoms with Crippen LogP contribution in [-0.2, 0) is 23.7 Å². The van der Waals surface area contributed by atoms with Gasteiger partial charge in [0.15, 0.2) is 6.10 Å². The molecule has 2 fully saturated rings. The maximum atomic E-state index is 11.9. The number of carbonyl (C=O) groups excluding carboxylic acids is 1. The lowest BCUT2D eigenvalue weighted by atomic mass is 10.0. The predicted molar refractivity (Wildman–Crippen MR) is 78.1 cm³/mol. The maximum absolute atomic E-state index is 11.9. The molecule has 0 N–H and O–H groups in total. The van der Waals surface area contributed by atoms with Crippen molar-refractivity contribution in [2.45, 2.75) is 77.5 Å². The quantitative estimate of drug-likeness (QED) is 0.705. The Morgan fingerprint density at radius 3 is 2.33 bits per heavy atom. The zero-order valence-electron chi connectivity index (χ0n) is 13.8. The van der Waals surface area contributed by atoms with Gasteiger partial charge in [-0.25, -0.2) is 0 Å². The molecule has 0 aromatic heterocycles. The summed E-state index contributed by atoms with van der Waals surface area (Å²) in [4.78, 5) is 11.9. The third-order valence-corrected chi connectivity index (χ3v) is 4.57. The molecule has 0 spiro atoms. The largest absolute Gasteiger partial charge is 0.457 e. The molecule has 2 aliphatic rings. The molecule has 5 atom stereocenters. The third-order valence-electron chi connectivity index (χ3n) is 4.57. The summed E-state index contributed by atoms with van der Waals surface area (Å²) in [5.74, 6) is -0.259. The normalized spacial score (nSPS) is 33.8. The summed E-state index contributed by atoms with van der Waals surface area (Å²) < 4.78 is 23.2. The molecule has 5 heteroatoms. The van der Waals surface area contributed by atoms with E-state index in [1.807, 2.05) is 13.8 Å². The predicted octanol–water partition coefficient (Wildman–Crippen LogP) is 2.32. The summed E-state index contributed by atoms with van der Waals surface area (Å²) in [5, 5.41) is 0. The van der Waals surface area contributed by atoms with Gasteiger partial charge in [0.25, 0.3) is 0 Å². The summed E-state index contributed by atoms with van der Waals surface area (Å²) in [7, 11) is 0. The molecule has 0 aromatic rings. The minimum atomic E-state index is -0.310. The van der Waals surface area contributed by atoms with E-state index in [2.05, 4.69) is 20.8 Å². The van der Waals surface area contributed by atoms with Crippen LogP contribution >= 0.6 is 0 Å². The van der Waals surface area contributed by atoms with Crippen LogP contribution in [0.5, 0.6) is 0 Å². The van der Waals surface area contributed by atoms with E-state index < -0.39 is 0 Å². The average Bonchev–Trinajstić information content (AvgIpc) is 3.02. The Kier molecular flexibility index (Phi) is 5.28. The van der Waals surface area contributed by atoms with E-state index >= 15 is 0 Å². The molecule has 2 aliphatic heterocycles. The lowest BCUT2D eigenvalue weighted by Gasteiger charge is -2.29. The minimum Gasteiger partial charge on any atom is -0.457 e. The van der Waals surface area contributed by atoms with Gasteiger partial charge in [0.1, 0.15) is 18.3 Å². The van der Waals surface area contributed by atoms with Gasteiger partial charge in [0, 0.05) is 0 Å². The fourth-order valence-corrected chi connectivity index (χ4v) is 2.56. The molecule has 21 heavy (non-hydrogen) atoms. The van der Waals surface area contributed by atoms with Gasteiger partial charge in [0.2, 0.25) is 0 Å². The summed E-state index contributed by atoms with van der Waals surface area (Å²) in [5.41, 5.74) is -0.197. The van der Waals surface area contributed by atoms with Crippen LogP contribution in [0.25, 0.3) is 0 Å². The van der Waals surface area contributed by atoms with Gasteiger partial charge < -0.3 is 18.9 Å². The SMILES string of the molecule is CCC(C)C(=O)O[C@H]1CO[C@H]2[C@@H]1OC[C@@H]2OC(C)(C)CC. The Bertz CT molecular complexity index is 368. The highest BCUT2D eigenvalue weighted by Gasteiger charge is 2.51. The number of fused-ring (bicyclic) bond motifs is 1. The first-order valence-corrected chi connectivity index (χ1v) is 7.99. The van der Waals surface area contributed by atoms with Gasteiger partial charge in [0.05, 0.1) is 24.7 Å². The highest BCUT2D eigenvalue weighted by atomic mass is 16.7. The molecule has 0 amide bonds.